The largest absolute Gasteiger partial charge is 0.393 e. The minimum atomic E-state index is -0.397. The summed E-state index contributed by atoms with van der Waals surface area (Å²) in [6.07, 6.45) is 2.74. The van der Waals surface area contributed by atoms with Gasteiger partial charge < -0.3 is 15.3 Å². The van der Waals surface area contributed by atoms with Gasteiger partial charge in [-0.15, -0.1) is 23.2 Å². The van der Waals surface area contributed by atoms with Crippen LogP contribution in [0.25, 0.3) is 0 Å². The monoisotopic (exact) mass is 322 g/mol. The van der Waals surface area contributed by atoms with Crippen molar-refractivity contribution in [3.05, 3.63) is 0 Å². The predicted molar refractivity (Wildman–Crippen MR) is 81.2 cm³/mol. The second-order valence-electron chi connectivity index (χ2n) is 6.21. The molecule has 0 spiro atoms. The number of amides is 1. The molecule has 4 unspecified atom stereocenters. The number of halogens is 2. The molecule has 0 bridgehead atoms. The number of carbonyl (C=O) groups excluding carboxylic acids is 1. The number of aliphatic hydroxyl groups is 1. The second-order valence-corrected chi connectivity index (χ2v) is 7.27. The summed E-state index contributed by atoms with van der Waals surface area (Å²) in [7, 11) is 3.53. The number of piperidine rings is 1. The minimum Gasteiger partial charge on any atom is -0.393 e. The highest BCUT2D eigenvalue weighted by atomic mass is 35.5. The Morgan fingerprint density at radius 2 is 1.95 bits per heavy atom. The van der Waals surface area contributed by atoms with E-state index in [1.165, 1.54) is 0 Å². The molecule has 6 heteroatoms. The summed E-state index contributed by atoms with van der Waals surface area (Å²) >= 11 is 12.7. The lowest BCUT2D eigenvalue weighted by molar-refractivity contribution is -0.132. The van der Waals surface area contributed by atoms with Crippen LogP contribution in [0.5, 0.6) is 0 Å². The summed E-state index contributed by atoms with van der Waals surface area (Å²) in [6, 6.07) is -0.171. The van der Waals surface area contributed by atoms with E-state index < -0.39 is 6.10 Å². The van der Waals surface area contributed by atoms with Gasteiger partial charge in [0.25, 0.3) is 0 Å². The summed E-state index contributed by atoms with van der Waals surface area (Å²) in [5, 5.41) is 13.3. The van der Waals surface area contributed by atoms with Crippen molar-refractivity contribution in [1.29, 1.82) is 0 Å². The number of hydrogen-bond donors (Lipinski definition) is 2. The molecule has 0 aromatic heterocycles. The van der Waals surface area contributed by atoms with Crippen LogP contribution in [0.15, 0.2) is 0 Å². The Morgan fingerprint density at radius 3 is 2.60 bits per heavy atom. The van der Waals surface area contributed by atoms with Crippen molar-refractivity contribution in [1.82, 2.24) is 10.2 Å². The minimum absolute atomic E-state index is 0.00696. The first-order chi connectivity index (χ1) is 9.41. The smallest absolute Gasteiger partial charge is 0.239 e. The summed E-state index contributed by atoms with van der Waals surface area (Å²) in [5.41, 5.74) is 0. The fraction of sp³-hybridized carbons (Fsp3) is 0.929. The molecule has 2 rings (SSSR count). The standard InChI is InChI=1S/C14H24Cl2N2O2/c1-18(2)14(20)10-7-8(5-6-17-10)12-11(19)4-3-9(15)13(12)16/h8-13,17,19H,3-7H2,1-2H3/t8-,9?,10-,11?,12?,13?/m1/s1. The van der Waals surface area contributed by atoms with E-state index in [1.807, 2.05) is 0 Å². The maximum absolute atomic E-state index is 12.1. The normalized spacial score (nSPS) is 42.2. The van der Waals surface area contributed by atoms with Crippen molar-refractivity contribution >= 4 is 29.1 Å². The van der Waals surface area contributed by atoms with Crippen LogP contribution >= 0.6 is 23.2 Å². The zero-order valence-electron chi connectivity index (χ0n) is 12.1. The lowest BCUT2D eigenvalue weighted by Gasteiger charge is -2.43. The van der Waals surface area contributed by atoms with Gasteiger partial charge in [0, 0.05) is 20.0 Å². The topological polar surface area (TPSA) is 52.6 Å². The molecule has 2 N–H and O–H groups in total. The molecule has 1 heterocycles. The molecule has 6 atom stereocenters. The highest BCUT2D eigenvalue weighted by Crippen LogP contribution is 2.40. The number of carbonyl (C=O) groups is 1. The predicted octanol–water partition coefficient (Wildman–Crippen LogP) is 1.43. The van der Waals surface area contributed by atoms with E-state index >= 15 is 0 Å². The molecular weight excluding hydrogens is 299 g/mol. The van der Waals surface area contributed by atoms with Crippen LogP contribution in [0.1, 0.15) is 25.7 Å². The lowest BCUT2D eigenvalue weighted by atomic mass is 9.72. The van der Waals surface area contributed by atoms with Gasteiger partial charge in [-0.3, -0.25) is 4.79 Å². The molecule has 0 radical (unpaired) electrons. The molecule has 2 aliphatic rings. The molecule has 116 valence electrons. The molecule has 1 saturated heterocycles. The van der Waals surface area contributed by atoms with Gasteiger partial charge >= 0.3 is 0 Å². The quantitative estimate of drug-likeness (QED) is 0.756. The maximum atomic E-state index is 12.1. The van der Waals surface area contributed by atoms with Crippen LogP contribution in [0.2, 0.25) is 0 Å². The van der Waals surface area contributed by atoms with Crippen LogP contribution < -0.4 is 5.32 Å². The molecule has 20 heavy (non-hydrogen) atoms. The van der Waals surface area contributed by atoms with Crippen LogP contribution in [-0.2, 0) is 4.79 Å². The van der Waals surface area contributed by atoms with Crippen molar-refractivity contribution in [2.45, 2.75) is 48.6 Å². The molecule has 1 saturated carbocycles. The molecule has 4 nitrogen and oxygen atoms in total. The zero-order chi connectivity index (χ0) is 14.9. The summed E-state index contributed by atoms with van der Waals surface area (Å²) < 4.78 is 0. The molecule has 1 amide bonds. The Kier molecular flexibility index (Phi) is 5.57. The van der Waals surface area contributed by atoms with Gasteiger partial charge in [-0.05, 0) is 38.1 Å². The van der Waals surface area contributed by atoms with Crippen molar-refractivity contribution in [2.75, 3.05) is 20.6 Å². The molecule has 0 aromatic rings. The highest BCUT2D eigenvalue weighted by molar-refractivity contribution is 6.30. The maximum Gasteiger partial charge on any atom is 0.239 e. The Balaban J connectivity index is 2.05. The SMILES string of the molecule is CN(C)C(=O)[C@H]1C[C@H](C2C(O)CCC(Cl)C2Cl)CCN1. The number of rotatable bonds is 2. The molecule has 1 aliphatic heterocycles. The van der Waals surface area contributed by atoms with Gasteiger partial charge in [0.1, 0.15) is 0 Å². The lowest BCUT2D eigenvalue weighted by Crippen LogP contribution is -2.53. The van der Waals surface area contributed by atoms with Crippen LogP contribution in [0, 0.1) is 11.8 Å². The fourth-order valence-corrected chi connectivity index (χ4v) is 4.30. The first kappa shape index (κ1) is 16.3. The summed E-state index contributed by atoms with van der Waals surface area (Å²) in [5.74, 6) is 0.338. The van der Waals surface area contributed by atoms with E-state index in [1.54, 1.807) is 19.0 Å². The van der Waals surface area contributed by atoms with Crippen molar-refractivity contribution in [3.63, 3.8) is 0 Å². The van der Waals surface area contributed by atoms with Crippen molar-refractivity contribution in [3.8, 4) is 0 Å². The number of nitrogens with one attached hydrogen (secondary N) is 1. The van der Waals surface area contributed by atoms with E-state index in [-0.39, 0.29) is 34.5 Å². The van der Waals surface area contributed by atoms with E-state index in [4.69, 9.17) is 23.2 Å². The Morgan fingerprint density at radius 1 is 1.25 bits per heavy atom. The van der Waals surface area contributed by atoms with Gasteiger partial charge in [0.05, 0.1) is 22.9 Å². The van der Waals surface area contributed by atoms with E-state index in [0.717, 1.165) is 25.8 Å². The second kappa shape index (κ2) is 6.82. The van der Waals surface area contributed by atoms with Gasteiger partial charge in [-0.1, -0.05) is 0 Å². The van der Waals surface area contributed by atoms with E-state index in [0.29, 0.717) is 6.42 Å². The molecule has 2 fully saturated rings. The average Bonchev–Trinajstić information content (AvgIpc) is 2.43. The molecule has 1 aliphatic carbocycles. The Bertz CT molecular complexity index is 354. The van der Waals surface area contributed by atoms with Crippen molar-refractivity contribution in [2.24, 2.45) is 11.8 Å². The van der Waals surface area contributed by atoms with E-state index in [2.05, 4.69) is 5.32 Å². The average molecular weight is 323 g/mol. The third-order valence-corrected chi connectivity index (χ3v) is 5.84. The highest BCUT2D eigenvalue weighted by Gasteiger charge is 2.43. The number of nitrogens with zero attached hydrogens (tertiary/aromatic N) is 1. The Labute approximate surface area is 130 Å². The van der Waals surface area contributed by atoms with Gasteiger partial charge in [-0.25, -0.2) is 0 Å². The molecular formula is C14H24Cl2N2O2. The number of aliphatic hydroxyl groups excluding tert-OH is 1. The summed E-state index contributed by atoms with van der Waals surface area (Å²) in [6.45, 7) is 0.786. The van der Waals surface area contributed by atoms with Crippen LogP contribution in [-0.4, -0.2) is 59.5 Å². The number of hydrogen-bond acceptors (Lipinski definition) is 3. The van der Waals surface area contributed by atoms with Gasteiger partial charge in [0.2, 0.25) is 5.91 Å². The zero-order valence-corrected chi connectivity index (χ0v) is 13.6. The third-order valence-electron chi connectivity index (χ3n) is 4.62. The van der Waals surface area contributed by atoms with Crippen molar-refractivity contribution < 1.29 is 9.90 Å². The fourth-order valence-electron chi connectivity index (χ4n) is 3.51. The number of likely N-dealkylation sites (N-methyl/N-ethyl adjacent to an activating group) is 1. The Hall–Kier alpha value is -0.0300. The first-order valence-corrected chi connectivity index (χ1v) is 8.20. The van der Waals surface area contributed by atoms with Gasteiger partial charge in [0.15, 0.2) is 0 Å². The number of alkyl halides is 2. The first-order valence-electron chi connectivity index (χ1n) is 7.32. The molecule has 0 aromatic carbocycles. The summed E-state index contributed by atoms with van der Waals surface area (Å²) in [4.78, 5) is 13.7. The van der Waals surface area contributed by atoms with E-state index in [9.17, 15) is 9.90 Å². The van der Waals surface area contributed by atoms with Crippen LogP contribution in [0.4, 0.5) is 0 Å². The van der Waals surface area contributed by atoms with Crippen LogP contribution in [0.3, 0.4) is 0 Å². The third kappa shape index (κ3) is 3.41. The van der Waals surface area contributed by atoms with Gasteiger partial charge in [-0.2, -0.15) is 0 Å².